The third-order valence-electron chi connectivity index (χ3n) is 4.25. The minimum Gasteiger partial charge on any atom is -0.369 e. The van der Waals surface area contributed by atoms with E-state index in [2.05, 4.69) is 21.3 Å². The zero-order valence-electron chi connectivity index (χ0n) is 13.9. The lowest BCUT2D eigenvalue weighted by molar-refractivity contribution is -0.119. The van der Waals surface area contributed by atoms with E-state index < -0.39 is 0 Å². The lowest BCUT2D eigenvalue weighted by Crippen LogP contribution is -2.39. The van der Waals surface area contributed by atoms with Gasteiger partial charge in [-0.3, -0.25) is 9.69 Å². The maximum absolute atomic E-state index is 11.0. The second-order valence-electron chi connectivity index (χ2n) is 6.31. The van der Waals surface area contributed by atoms with Crippen molar-refractivity contribution >= 4 is 28.2 Å². The summed E-state index contributed by atoms with van der Waals surface area (Å²) in [4.78, 5) is 23.3. The molecule has 1 saturated heterocycles. The molecule has 24 heavy (non-hydrogen) atoms. The first kappa shape index (κ1) is 16.9. The van der Waals surface area contributed by atoms with Gasteiger partial charge < -0.3 is 11.1 Å². The number of carbonyl (C=O) groups excluding carboxylic acids is 1. The van der Waals surface area contributed by atoms with Crippen molar-refractivity contribution in [3.8, 4) is 0 Å². The van der Waals surface area contributed by atoms with Crippen molar-refractivity contribution in [1.29, 1.82) is 0 Å². The molecule has 0 bridgehead atoms. The van der Waals surface area contributed by atoms with E-state index in [4.69, 9.17) is 10.7 Å². The van der Waals surface area contributed by atoms with Crippen LogP contribution in [-0.2, 0) is 11.2 Å². The third kappa shape index (κ3) is 4.75. The molecule has 6 nitrogen and oxygen atoms in total. The summed E-state index contributed by atoms with van der Waals surface area (Å²) in [6.07, 6.45) is 4.99. The minimum absolute atomic E-state index is 0.244. The van der Waals surface area contributed by atoms with Gasteiger partial charge in [-0.05, 0) is 57.3 Å². The maximum atomic E-state index is 11.0. The van der Waals surface area contributed by atoms with Crippen molar-refractivity contribution in [2.24, 2.45) is 11.7 Å². The highest BCUT2D eigenvalue weighted by molar-refractivity contribution is 7.15. The Morgan fingerprint density at radius 2 is 2.21 bits per heavy atom. The van der Waals surface area contributed by atoms with Gasteiger partial charge in [0.1, 0.15) is 5.82 Å². The second-order valence-corrected chi connectivity index (χ2v) is 7.54. The molecule has 1 fully saturated rings. The molecule has 0 aromatic carbocycles. The van der Waals surface area contributed by atoms with E-state index in [-0.39, 0.29) is 5.91 Å². The fourth-order valence-corrected chi connectivity index (χ4v) is 3.72. The lowest BCUT2D eigenvalue weighted by Gasteiger charge is -2.30. The van der Waals surface area contributed by atoms with Crippen LogP contribution in [0.2, 0.25) is 0 Å². The molecule has 2 aromatic rings. The number of amides is 1. The van der Waals surface area contributed by atoms with Gasteiger partial charge in [0.15, 0.2) is 5.13 Å². The quantitative estimate of drug-likeness (QED) is 0.839. The highest BCUT2D eigenvalue weighted by Crippen LogP contribution is 2.23. The Morgan fingerprint density at radius 3 is 2.88 bits per heavy atom. The summed E-state index contributed by atoms with van der Waals surface area (Å²) in [5.74, 6) is 1.21. The zero-order valence-corrected chi connectivity index (χ0v) is 14.7. The Balaban J connectivity index is 1.54. The van der Waals surface area contributed by atoms with Crippen molar-refractivity contribution in [1.82, 2.24) is 14.9 Å². The molecule has 0 atom stereocenters. The molecule has 3 rings (SSSR count). The number of likely N-dealkylation sites (tertiary alicyclic amines) is 1. The number of anilines is 2. The predicted molar refractivity (Wildman–Crippen MR) is 96.4 cm³/mol. The molecule has 128 valence electrons. The van der Waals surface area contributed by atoms with Crippen LogP contribution >= 0.6 is 11.3 Å². The number of aromatic nitrogens is 2. The Hall–Kier alpha value is -1.99. The van der Waals surface area contributed by atoms with Gasteiger partial charge in [0, 0.05) is 16.8 Å². The first-order valence-electron chi connectivity index (χ1n) is 8.24. The van der Waals surface area contributed by atoms with Crippen LogP contribution in [0.3, 0.4) is 0 Å². The Bertz CT molecular complexity index is 694. The fraction of sp³-hybridized carbons (Fsp3) is 0.471. The largest absolute Gasteiger partial charge is 0.369 e. The highest BCUT2D eigenvalue weighted by atomic mass is 32.1. The van der Waals surface area contributed by atoms with Crippen molar-refractivity contribution in [2.45, 2.75) is 26.2 Å². The molecule has 1 aliphatic rings. The topological polar surface area (TPSA) is 84.1 Å². The van der Waals surface area contributed by atoms with Gasteiger partial charge in [0.25, 0.3) is 0 Å². The first-order chi connectivity index (χ1) is 11.6. The molecular weight excluding hydrogens is 322 g/mol. The van der Waals surface area contributed by atoms with Crippen LogP contribution in [0.1, 0.15) is 23.4 Å². The van der Waals surface area contributed by atoms with Gasteiger partial charge in [0.05, 0.1) is 6.54 Å². The van der Waals surface area contributed by atoms with Crippen LogP contribution in [-0.4, -0.2) is 40.4 Å². The first-order valence-corrected chi connectivity index (χ1v) is 9.06. The summed E-state index contributed by atoms with van der Waals surface area (Å²) in [5.41, 5.74) is 6.36. The number of piperidine rings is 1. The normalized spacial score (nSPS) is 16.2. The zero-order chi connectivity index (χ0) is 16.9. The summed E-state index contributed by atoms with van der Waals surface area (Å²) < 4.78 is 0. The maximum Gasteiger partial charge on any atom is 0.231 e. The van der Waals surface area contributed by atoms with Gasteiger partial charge in [-0.25, -0.2) is 9.97 Å². The molecule has 3 N–H and O–H groups in total. The molecule has 1 amide bonds. The molecule has 0 saturated carbocycles. The molecule has 2 aromatic heterocycles. The summed E-state index contributed by atoms with van der Waals surface area (Å²) in [5, 5.41) is 4.14. The number of hydrogen-bond acceptors (Lipinski definition) is 6. The van der Waals surface area contributed by atoms with E-state index in [1.165, 1.54) is 4.88 Å². The van der Waals surface area contributed by atoms with E-state index >= 15 is 0 Å². The van der Waals surface area contributed by atoms with Gasteiger partial charge in [-0.2, -0.15) is 0 Å². The number of thiazole rings is 1. The molecule has 0 spiro atoms. The molecular formula is C17H23N5OS. The average Bonchev–Trinajstić information content (AvgIpc) is 2.94. The number of nitrogens with two attached hydrogens (primary N) is 1. The van der Waals surface area contributed by atoms with E-state index in [0.29, 0.717) is 12.5 Å². The van der Waals surface area contributed by atoms with Crippen LogP contribution in [0.25, 0.3) is 0 Å². The van der Waals surface area contributed by atoms with Crippen LogP contribution in [0.4, 0.5) is 10.9 Å². The molecule has 1 aliphatic heterocycles. The van der Waals surface area contributed by atoms with E-state index in [1.54, 1.807) is 11.3 Å². The standard InChI is InChI=1S/C17H23N5OS/c1-12-10-19-17(24-12)21-16-4-2-3-14(20-16)9-13-5-7-22(8-6-13)11-15(18)23/h2-4,10,13H,5-9,11H2,1H3,(H2,18,23)(H,19,20,21). The number of nitrogens with one attached hydrogen (secondary N) is 1. The number of primary amides is 1. The summed E-state index contributed by atoms with van der Waals surface area (Å²) in [6, 6.07) is 6.08. The molecule has 0 aliphatic carbocycles. The molecule has 0 radical (unpaired) electrons. The Kier molecular flexibility index (Phi) is 5.42. The number of aryl methyl sites for hydroxylation is 1. The van der Waals surface area contributed by atoms with Crippen LogP contribution < -0.4 is 11.1 Å². The number of carbonyl (C=O) groups is 1. The predicted octanol–water partition coefficient (Wildman–Crippen LogP) is 2.33. The minimum atomic E-state index is -0.244. The molecule has 3 heterocycles. The fourth-order valence-electron chi connectivity index (χ4n) is 3.05. The smallest absolute Gasteiger partial charge is 0.231 e. The van der Waals surface area contributed by atoms with Gasteiger partial charge in [-0.1, -0.05) is 6.07 Å². The van der Waals surface area contributed by atoms with Crippen LogP contribution in [0, 0.1) is 12.8 Å². The SMILES string of the molecule is Cc1cnc(Nc2cccc(CC3CCN(CC(N)=O)CC3)n2)s1. The molecule has 7 heteroatoms. The van der Waals surface area contributed by atoms with Crippen LogP contribution in [0.5, 0.6) is 0 Å². The number of rotatable bonds is 6. The Morgan fingerprint density at radius 1 is 1.42 bits per heavy atom. The summed E-state index contributed by atoms with van der Waals surface area (Å²) in [7, 11) is 0. The third-order valence-corrected chi connectivity index (χ3v) is 5.08. The number of pyridine rings is 1. The van der Waals surface area contributed by atoms with Crippen molar-refractivity contribution in [3.05, 3.63) is 35.0 Å². The molecule has 0 unspecified atom stereocenters. The Labute approximate surface area is 146 Å². The number of hydrogen-bond donors (Lipinski definition) is 2. The van der Waals surface area contributed by atoms with Crippen LogP contribution in [0.15, 0.2) is 24.4 Å². The monoisotopic (exact) mass is 345 g/mol. The number of nitrogens with zero attached hydrogens (tertiary/aromatic N) is 3. The highest BCUT2D eigenvalue weighted by Gasteiger charge is 2.20. The van der Waals surface area contributed by atoms with Crippen molar-refractivity contribution < 1.29 is 4.79 Å². The van der Waals surface area contributed by atoms with Crippen molar-refractivity contribution in [3.63, 3.8) is 0 Å². The lowest BCUT2D eigenvalue weighted by atomic mass is 9.92. The van der Waals surface area contributed by atoms with E-state index in [1.807, 2.05) is 25.3 Å². The van der Waals surface area contributed by atoms with Gasteiger partial charge >= 0.3 is 0 Å². The van der Waals surface area contributed by atoms with Gasteiger partial charge in [0.2, 0.25) is 5.91 Å². The van der Waals surface area contributed by atoms with Gasteiger partial charge in [-0.15, -0.1) is 11.3 Å². The average molecular weight is 345 g/mol. The van der Waals surface area contributed by atoms with E-state index in [9.17, 15) is 4.79 Å². The van der Waals surface area contributed by atoms with E-state index in [0.717, 1.165) is 49.0 Å². The summed E-state index contributed by atoms with van der Waals surface area (Å²) >= 11 is 1.62. The van der Waals surface area contributed by atoms with Crippen molar-refractivity contribution in [2.75, 3.05) is 25.0 Å². The summed E-state index contributed by atoms with van der Waals surface area (Å²) in [6.45, 7) is 4.28. The second kappa shape index (κ2) is 7.72.